The summed E-state index contributed by atoms with van der Waals surface area (Å²) in [5.74, 6) is 0.992. The smallest absolute Gasteiger partial charge is 0.275 e. The highest BCUT2D eigenvalue weighted by molar-refractivity contribution is 6.30. The Balaban J connectivity index is 1.31. The first-order chi connectivity index (χ1) is 13.6. The van der Waals surface area contributed by atoms with Crippen LogP contribution in [0.25, 0.3) is 0 Å². The normalized spacial score (nSPS) is 19.2. The van der Waals surface area contributed by atoms with Crippen LogP contribution in [0.15, 0.2) is 48.5 Å². The number of nitrogens with one attached hydrogen (secondary N) is 3. The summed E-state index contributed by atoms with van der Waals surface area (Å²) in [5, 5.41) is 3.78. The molecule has 1 aliphatic heterocycles. The number of carbonyl (C=O) groups excluding carboxylic acids is 1. The Morgan fingerprint density at radius 3 is 2.43 bits per heavy atom. The molecule has 0 unspecified atom stereocenters. The van der Waals surface area contributed by atoms with E-state index in [1.165, 1.54) is 20.9 Å². The Kier molecular flexibility index (Phi) is 7.71. The highest BCUT2D eigenvalue weighted by Gasteiger charge is 2.24. The van der Waals surface area contributed by atoms with Crippen molar-refractivity contribution in [2.24, 2.45) is 0 Å². The second kappa shape index (κ2) is 10.5. The SMILES string of the molecule is Cc1ccccc1CNC(=O)C[NH+]1CC[NH+](CCOc2ccc(Cl)cc2)CC1. The monoisotopic (exact) mass is 403 g/mol. The van der Waals surface area contributed by atoms with Gasteiger partial charge in [0.15, 0.2) is 6.54 Å². The zero-order valence-electron chi connectivity index (χ0n) is 16.5. The van der Waals surface area contributed by atoms with Crippen LogP contribution in [0, 0.1) is 6.92 Å². The molecule has 5 nitrogen and oxygen atoms in total. The first-order valence-electron chi connectivity index (χ1n) is 9.97. The molecule has 1 fully saturated rings. The number of rotatable bonds is 8. The molecular weight excluding hydrogens is 374 g/mol. The van der Waals surface area contributed by atoms with E-state index in [1.807, 2.05) is 36.4 Å². The van der Waals surface area contributed by atoms with Gasteiger partial charge in [0.1, 0.15) is 45.1 Å². The molecule has 2 aromatic carbocycles. The maximum absolute atomic E-state index is 12.3. The van der Waals surface area contributed by atoms with Crippen LogP contribution < -0.4 is 19.9 Å². The second-order valence-corrected chi connectivity index (χ2v) is 7.87. The topological polar surface area (TPSA) is 47.2 Å². The van der Waals surface area contributed by atoms with E-state index in [2.05, 4.69) is 24.4 Å². The van der Waals surface area contributed by atoms with Gasteiger partial charge in [-0.15, -0.1) is 0 Å². The average molecular weight is 404 g/mol. The standard InChI is InChI=1S/C22H28ClN3O2/c1-18-4-2-3-5-19(18)16-24-22(27)17-26-12-10-25(11-13-26)14-15-28-21-8-6-20(23)7-9-21/h2-9H,10-17H2,1H3,(H,24,27)/p+2. The minimum absolute atomic E-state index is 0.132. The van der Waals surface area contributed by atoms with Crippen LogP contribution in [-0.2, 0) is 11.3 Å². The molecule has 2 aromatic rings. The Morgan fingerprint density at radius 2 is 1.71 bits per heavy atom. The van der Waals surface area contributed by atoms with E-state index in [9.17, 15) is 4.79 Å². The van der Waals surface area contributed by atoms with Crippen LogP contribution in [0.1, 0.15) is 11.1 Å². The number of hydrogen-bond donors (Lipinski definition) is 3. The van der Waals surface area contributed by atoms with E-state index >= 15 is 0 Å². The van der Waals surface area contributed by atoms with Crippen molar-refractivity contribution < 1.29 is 19.3 Å². The average Bonchev–Trinajstić information content (AvgIpc) is 2.70. The lowest BCUT2D eigenvalue weighted by molar-refractivity contribution is -1.01. The molecule has 150 valence electrons. The van der Waals surface area contributed by atoms with Gasteiger partial charge in [-0.2, -0.15) is 0 Å². The Morgan fingerprint density at radius 1 is 1.04 bits per heavy atom. The lowest BCUT2D eigenvalue weighted by Gasteiger charge is -2.29. The molecule has 0 bridgehead atoms. The zero-order valence-corrected chi connectivity index (χ0v) is 17.2. The van der Waals surface area contributed by atoms with Crippen LogP contribution >= 0.6 is 11.6 Å². The number of halogens is 1. The van der Waals surface area contributed by atoms with Crippen molar-refractivity contribution in [2.45, 2.75) is 13.5 Å². The third kappa shape index (κ3) is 6.51. The summed E-state index contributed by atoms with van der Waals surface area (Å²) < 4.78 is 5.79. The van der Waals surface area contributed by atoms with Crippen molar-refractivity contribution in [3.63, 3.8) is 0 Å². The Hall–Kier alpha value is -2.08. The van der Waals surface area contributed by atoms with E-state index in [1.54, 1.807) is 0 Å². The van der Waals surface area contributed by atoms with Crippen molar-refractivity contribution >= 4 is 17.5 Å². The molecule has 6 heteroatoms. The quantitative estimate of drug-likeness (QED) is 0.586. The largest absolute Gasteiger partial charge is 0.488 e. The van der Waals surface area contributed by atoms with Crippen LogP contribution in [0.2, 0.25) is 5.02 Å². The van der Waals surface area contributed by atoms with E-state index in [4.69, 9.17) is 16.3 Å². The van der Waals surface area contributed by atoms with E-state index in [0.717, 1.165) is 43.5 Å². The molecule has 0 saturated carbocycles. The predicted octanol–water partition coefficient (Wildman–Crippen LogP) is 0.127. The minimum Gasteiger partial charge on any atom is -0.488 e. The van der Waals surface area contributed by atoms with E-state index < -0.39 is 0 Å². The number of hydrogen-bond acceptors (Lipinski definition) is 2. The number of carbonyl (C=O) groups is 1. The molecule has 0 aromatic heterocycles. The number of quaternary nitrogens is 2. The predicted molar refractivity (Wildman–Crippen MR) is 111 cm³/mol. The fourth-order valence-electron chi connectivity index (χ4n) is 3.52. The van der Waals surface area contributed by atoms with Crippen LogP contribution in [0.4, 0.5) is 0 Å². The summed E-state index contributed by atoms with van der Waals surface area (Å²) in [6, 6.07) is 15.7. The maximum Gasteiger partial charge on any atom is 0.275 e. The summed E-state index contributed by atoms with van der Waals surface area (Å²) in [7, 11) is 0. The summed E-state index contributed by atoms with van der Waals surface area (Å²) in [6.07, 6.45) is 0. The summed E-state index contributed by atoms with van der Waals surface area (Å²) >= 11 is 5.88. The van der Waals surface area contributed by atoms with Crippen molar-refractivity contribution in [2.75, 3.05) is 45.9 Å². The molecule has 1 aliphatic rings. The molecular formula is C22H30ClN3O2+2. The first kappa shape index (κ1) is 20.6. The number of amides is 1. The van der Waals surface area contributed by atoms with Crippen molar-refractivity contribution in [1.29, 1.82) is 0 Å². The third-order valence-electron chi connectivity index (χ3n) is 5.35. The number of ether oxygens (including phenoxy) is 1. The van der Waals surface area contributed by atoms with Crippen molar-refractivity contribution in [3.8, 4) is 5.75 Å². The number of piperazine rings is 1. The third-order valence-corrected chi connectivity index (χ3v) is 5.60. The van der Waals surface area contributed by atoms with Gasteiger partial charge >= 0.3 is 0 Å². The van der Waals surface area contributed by atoms with E-state index in [-0.39, 0.29) is 5.91 Å². The van der Waals surface area contributed by atoms with Crippen molar-refractivity contribution in [3.05, 3.63) is 64.7 Å². The molecule has 1 heterocycles. The zero-order chi connectivity index (χ0) is 19.8. The summed E-state index contributed by atoms with van der Waals surface area (Å²) in [5.41, 5.74) is 2.40. The van der Waals surface area contributed by atoms with Gasteiger partial charge in [0.05, 0.1) is 0 Å². The molecule has 0 radical (unpaired) electrons. The van der Waals surface area contributed by atoms with Gasteiger partial charge in [-0.25, -0.2) is 0 Å². The fourth-order valence-corrected chi connectivity index (χ4v) is 3.65. The van der Waals surface area contributed by atoms with Gasteiger partial charge in [-0.05, 0) is 42.3 Å². The van der Waals surface area contributed by atoms with Gasteiger partial charge in [0.2, 0.25) is 0 Å². The Labute approximate surface area is 172 Å². The van der Waals surface area contributed by atoms with Crippen molar-refractivity contribution in [1.82, 2.24) is 5.32 Å². The number of benzene rings is 2. The second-order valence-electron chi connectivity index (χ2n) is 7.43. The molecule has 1 amide bonds. The molecule has 1 saturated heterocycles. The first-order valence-corrected chi connectivity index (χ1v) is 10.3. The van der Waals surface area contributed by atoms with Crippen LogP contribution in [-0.4, -0.2) is 51.8 Å². The van der Waals surface area contributed by atoms with Crippen LogP contribution in [0.5, 0.6) is 5.75 Å². The van der Waals surface area contributed by atoms with Gasteiger partial charge in [0.25, 0.3) is 5.91 Å². The minimum atomic E-state index is 0.132. The molecule has 0 aliphatic carbocycles. The fraction of sp³-hybridized carbons (Fsp3) is 0.409. The highest BCUT2D eigenvalue weighted by Crippen LogP contribution is 2.14. The maximum atomic E-state index is 12.3. The van der Waals surface area contributed by atoms with Crippen LogP contribution in [0.3, 0.4) is 0 Å². The van der Waals surface area contributed by atoms with E-state index in [0.29, 0.717) is 19.7 Å². The van der Waals surface area contributed by atoms with Gasteiger partial charge < -0.3 is 19.9 Å². The summed E-state index contributed by atoms with van der Waals surface area (Å²) in [6.45, 7) is 9.11. The van der Waals surface area contributed by atoms with Gasteiger partial charge in [-0.1, -0.05) is 35.9 Å². The lowest BCUT2D eigenvalue weighted by atomic mass is 10.1. The molecule has 0 spiro atoms. The molecule has 28 heavy (non-hydrogen) atoms. The molecule has 3 N–H and O–H groups in total. The Bertz CT molecular complexity index is 759. The van der Waals surface area contributed by atoms with Gasteiger partial charge in [-0.3, -0.25) is 4.79 Å². The van der Waals surface area contributed by atoms with Gasteiger partial charge in [0, 0.05) is 11.6 Å². The summed E-state index contributed by atoms with van der Waals surface area (Å²) in [4.78, 5) is 15.2. The number of aryl methyl sites for hydroxylation is 1. The molecule has 3 rings (SSSR count). The molecule has 0 atom stereocenters. The lowest BCUT2D eigenvalue weighted by Crippen LogP contribution is -3.28. The highest BCUT2D eigenvalue weighted by atomic mass is 35.5.